The maximum atomic E-state index is 13.0. The van der Waals surface area contributed by atoms with Crippen molar-refractivity contribution in [2.75, 3.05) is 18.5 Å². The summed E-state index contributed by atoms with van der Waals surface area (Å²) in [4.78, 5) is 2.21. The molecule has 0 saturated carbocycles. The maximum absolute atomic E-state index is 13.0. The molecule has 18 heavy (non-hydrogen) atoms. The Balaban J connectivity index is 2.93. The number of anilines is 1. The summed E-state index contributed by atoms with van der Waals surface area (Å²) < 4.78 is 13.0. The zero-order valence-corrected chi connectivity index (χ0v) is 11.7. The van der Waals surface area contributed by atoms with Crippen molar-refractivity contribution in [3.63, 3.8) is 0 Å². The average Bonchev–Trinajstić information content (AvgIpc) is 2.41. The monoisotopic (exact) mass is 252 g/mol. The fourth-order valence-corrected chi connectivity index (χ4v) is 2.41. The Kier molecular flexibility index (Phi) is 5.60. The summed E-state index contributed by atoms with van der Waals surface area (Å²) in [5, 5.41) is 0. The number of hydrogen-bond donors (Lipinski definition) is 1. The van der Waals surface area contributed by atoms with Crippen LogP contribution >= 0.6 is 0 Å². The van der Waals surface area contributed by atoms with E-state index < -0.39 is 0 Å². The van der Waals surface area contributed by atoms with Gasteiger partial charge in [0.05, 0.1) is 5.54 Å². The van der Waals surface area contributed by atoms with Crippen LogP contribution in [0, 0.1) is 5.82 Å². The Hall–Kier alpha value is -1.09. The largest absolute Gasteiger partial charge is 0.368 e. The lowest BCUT2D eigenvalue weighted by atomic mass is 9.87. The number of nitrogens with zero attached hydrogens (tertiary/aromatic N) is 1. The topological polar surface area (TPSA) is 29.3 Å². The summed E-state index contributed by atoms with van der Waals surface area (Å²) >= 11 is 0. The summed E-state index contributed by atoms with van der Waals surface area (Å²) in [6.45, 7) is 4.98. The minimum absolute atomic E-state index is 0.0200. The molecule has 1 rings (SSSR count). The summed E-state index contributed by atoms with van der Waals surface area (Å²) in [5.74, 6) is -0.199. The second-order valence-corrected chi connectivity index (χ2v) is 4.92. The van der Waals surface area contributed by atoms with Crippen molar-refractivity contribution in [1.29, 1.82) is 0 Å². The van der Waals surface area contributed by atoms with Crippen LogP contribution in [-0.4, -0.2) is 19.1 Å². The third-order valence-electron chi connectivity index (χ3n) is 3.96. The van der Waals surface area contributed by atoms with E-state index in [9.17, 15) is 4.39 Å². The van der Waals surface area contributed by atoms with Gasteiger partial charge >= 0.3 is 0 Å². The fourth-order valence-electron chi connectivity index (χ4n) is 2.41. The van der Waals surface area contributed by atoms with Crippen LogP contribution in [0.1, 0.15) is 39.5 Å². The number of rotatable bonds is 7. The molecule has 0 spiro atoms. The lowest BCUT2D eigenvalue weighted by Gasteiger charge is -2.42. The molecule has 0 saturated heterocycles. The van der Waals surface area contributed by atoms with Crippen molar-refractivity contribution in [2.24, 2.45) is 5.73 Å². The predicted octanol–water partition coefficient (Wildman–Crippen LogP) is 3.56. The molecule has 0 heterocycles. The first-order valence-electron chi connectivity index (χ1n) is 6.79. The van der Waals surface area contributed by atoms with Gasteiger partial charge < -0.3 is 10.6 Å². The van der Waals surface area contributed by atoms with Crippen LogP contribution in [0.15, 0.2) is 24.3 Å². The van der Waals surface area contributed by atoms with E-state index in [1.165, 1.54) is 18.6 Å². The molecule has 1 atom stereocenters. The van der Waals surface area contributed by atoms with E-state index >= 15 is 0 Å². The molecule has 0 aliphatic carbocycles. The maximum Gasteiger partial charge on any atom is 0.123 e. The molecule has 3 heteroatoms. The van der Waals surface area contributed by atoms with Gasteiger partial charge in [0.1, 0.15) is 5.82 Å². The quantitative estimate of drug-likeness (QED) is 0.804. The molecule has 2 N–H and O–H groups in total. The highest BCUT2D eigenvalue weighted by atomic mass is 19.1. The zero-order chi connectivity index (χ0) is 13.6. The van der Waals surface area contributed by atoms with Gasteiger partial charge in [0.25, 0.3) is 0 Å². The number of hydrogen-bond acceptors (Lipinski definition) is 2. The number of unbranched alkanes of at least 4 members (excludes halogenated alkanes) is 1. The van der Waals surface area contributed by atoms with Gasteiger partial charge in [-0.3, -0.25) is 0 Å². The molecule has 1 aromatic rings. The van der Waals surface area contributed by atoms with Gasteiger partial charge in [-0.25, -0.2) is 4.39 Å². The van der Waals surface area contributed by atoms with E-state index in [4.69, 9.17) is 5.73 Å². The van der Waals surface area contributed by atoms with Crippen molar-refractivity contribution < 1.29 is 4.39 Å². The number of likely N-dealkylation sites (N-methyl/N-ethyl adjacent to an activating group) is 1. The predicted molar refractivity (Wildman–Crippen MR) is 76.4 cm³/mol. The molecule has 0 fully saturated rings. The van der Waals surface area contributed by atoms with E-state index in [0.717, 1.165) is 24.9 Å². The molecule has 102 valence electrons. The molecule has 2 nitrogen and oxygen atoms in total. The van der Waals surface area contributed by atoms with Crippen molar-refractivity contribution >= 4 is 5.69 Å². The fraction of sp³-hybridized carbons (Fsp3) is 0.600. The lowest BCUT2D eigenvalue weighted by Crippen LogP contribution is -2.52. The molecule has 0 aliphatic rings. The Morgan fingerprint density at radius 1 is 1.22 bits per heavy atom. The van der Waals surface area contributed by atoms with Gasteiger partial charge in [-0.1, -0.05) is 26.7 Å². The number of nitrogens with two attached hydrogens (primary N) is 1. The van der Waals surface area contributed by atoms with Gasteiger partial charge in [-0.05, 0) is 37.1 Å². The van der Waals surface area contributed by atoms with Crippen LogP contribution in [0.5, 0.6) is 0 Å². The Morgan fingerprint density at radius 2 is 1.83 bits per heavy atom. The lowest BCUT2D eigenvalue weighted by molar-refractivity contribution is 0.359. The van der Waals surface area contributed by atoms with Crippen molar-refractivity contribution in [2.45, 2.75) is 45.1 Å². The minimum atomic E-state index is -0.199. The molecule has 0 amide bonds. The highest BCUT2D eigenvalue weighted by Gasteiger charge is 2.30. The second kappa shape index (κ2) is 6.74. The standard InChI is InChI=1S/C15H25FN2/c1-4-6-11-15(5-2,12-17)18(3)14-9-7-13(16)8-10-14/h7-10H,4-6,11-12,17H2,1-3H3. The molecule has 0 radical (unpaired) electrons. The molecule has 0 aromatic heterocycles. The smallest absolute Gasteiger partial charge is 0.123 e. The Morgan fingerprint density at radius 3 is 2.28 bits per heavy atom. The normalized spacial score (nSPS) is 14.3. The van der Waals surface area contributed by atoms with Gasteiger partial charge in [-0.15, -0.1) is 0 Å². The third kappa shape index (κ3) is 3.22. The number of benzene rings is 1. The van der Waals surface area contributed by atoms with Crippen molar-refractivity contribution in [3.8, 4) is 0 Å². The van der Waals surface area contributed by atoms with E-state index in [1.54, 1.807) is 0 Å². The molecule has 1 aromatic carbocycles. The summed E-state index contributed by atoms with van der Waals surface area (Å²) in [5.41, 5.74) is 7.02. The average molecular weight is 252 g/mol. The number of halogens is 1. The van der Waals surface area contributed by atoms with Crippen molar-refractivity contribution in [1.82, 2.24) is 0 Å². The van der Waals surface area contributed by atoms with E-state index in [0.29, 0.717) is 6.54 Å². The van der Waals surface area contributed by atoms with Crippen LogP contribution in [0.2, 0.25) is 0 Å². The van der Waals surface area contributed by atoms with Crippen LogP contribution in [0.3, 0.4) is 0 Å². The molecule has 0 aliphatic heterocycles. The minimum Gasteiger partial charge on any atom is -0.368 e. The van der Waals surface area contributed by atoms with E-state index in [1.807, 2.05) is 12.1 Å². The molecule has 1 unspecified atom stereocenters. The van der Waals surface area contributed by atoms with Crippen molar-refractivity contribution in [3.05, 3.63) is 30.1 Å². The molecule has 0 bridgehead atoms. The Labute approximate surface area is 110 Å². The summed E-state index contributed by atoms with van der Waals surface area (Å²) in [7, 11) is 2.05. The van der Waals surface area contributed by atoms with Gasteiger partial charge in [-0.2, -0.15) is 0 Å². The first-order chi connectivity index (χ1) is 8.59. The third-order valence-corrected chi connectivity index (χ3v) is 3.96. The second-order valence-electron chi connectivity index (χ2n) is 4.92. The SMILES string of the molecule is CCCCC(CC)(CN)N(C)c1ccc(F)cc1. The van der Waals surface area contributed by atoms with Crippen LogP contribution in [-0.2, 0) is 0 Å². The van der Waals surface area contributed by atoms with E-state index in [-0.39, 0.29) is 11.4 Å². The molecular formula is C15H25FN2. The first kappa shape index (κ1) is 15.0. The van der Waals surface area contributed by atoms with Gasteiger partial charge in [0.15, 0.2) is 0 Å². The summed E-state index contributed by atoms with van der Waals surface area (Å²) in [6, 6.07) is 6.65. The van der Waals surface area contributed by atoms with Crippen LogP contribution in [0.4, 0.5) is 10.1 Å². The zero-order valence-electron chi connectivity index (χ0n) is 11.7. The van der Waals surface area contributed by atoms with Gasteiger partial charge in [0, 0.05) is 19.3 Å². The molecular weight excluding hydrogens is 227 g/mol. The summed E-state index contributed by atoms with van der Waals surface area (Å²) in [6.07, 6.45) is 4.40. The van der Waals surface area contributed by atoms with E-state index in [2.05, 4.69) is 25.8 Å². The van der Waals surface area contributed by atoms with Gasteiger partial charge in [0.2, 0.25) is 0 Å². The van der Waals surface area contributed by atoms with Crippen LogP contribution < -0.4 is 10.6 Å². The first-order valence-corrected chi connectivity index (χ1v) is 6.79. The Bertz CT molecular complexity index is 344. The highest BCUT2D eigenvalue weighted by molar-refractivity contribution is 5.48. The van der Waals surface area contributed by atoms with Crippen LogP contribution in [0.25, 0.3) is 0 Å². The highest BCUT2D eigenvalue weighted by Crippen LogP contribution is 2.29.